The lowest BCUT2D eigenvalue weighted by Crippen LogP contribution is -2.28. The molecule has 0 saturated heterocycles. The van der Waals surface area contributed by atoms with E-state index >= 15 is 0 Å². The van der Waals surface area contributed by atoms with Crippen molar-refractivity contribution >= 4 is 17.2 Å². The molecule has 0 spiro atoms. The number of carbonyl (C=O) groups excluding carboxylic acids is 1. The highest BCUT2D eigenvalue weighted by Crippen LogP contribution is 2.25. The summed E-state index contributed by atoms with van der Waals surface area (Å²) < 4.78 is 21.1. The van der Waals surface area contributed by atoms with E-state index < -0.39 is 17.2 Å². The van der Waals surface area contributed by atoms with Crippen LogP contribution in [0.3, 0.4) is 0 Å². The molecule has 0 aliphatic rings. The first-order chi connectivity index (χ1) is 7.32. The standard InChI is InChI=1S/C11H15NO3S/c1-11(2,3)9-7-5-4-6-8(9)10(13)12-16(14)15/h4-7H,1-3H3,(H,12,13)(H,14,15). The fraction of sp³-hybridized carbons (Fsp3) is 0.364. The summed E-state index contributed by atoms with van der Waals surface area (Å²) in [4.78, 5) is 11.7. The minimum Gasteiger partial charge on any atom is -0.289 e. The van der Waals surface area contributed by atoms with Gasteiger partial charge in [0.25, 0.3) is 17.2 Å². The fourth-order valence-corrected chi connectivity index (χ4v) is 1.74. The van der Waals surface area contributed by atoms with Crippen LogP contribution in [-0.4, -0.2) is 14.7 Å². The van der Waals surface area contributed by atoms with E-state index in [1.54, 1.807) is 12.1 Å². The fourth-order valence-electron chi connectivity index (χ4n) is 1.47. The second kappa shape index (κ2) is 4.76. The van der Waals surface area contributed by atoms with Gasteiger partial charge in [-0.1, -0.05) is 39.0 Å². The van der Waals surface area contributed by atoms with E-state index in [0.717, 1.165) is 5.56 Å². The third-order valence-corrected chi connectivity index (χ3v) is 2.52. The van der Waals surface area contributed by atoms with Crippen molar-refractivity contribution in [3.05, 3.63) is 35.4 Å². The summed E-state index contributed by atoms with van der Waals surface area (Å²) in [6, 6.07) is 7.05. The zero-order chi connectivity index (χ0) is 12.3. The van der Waals surface area contributed by atoms with Gasteiger partial charge < -0.3 is 0 Å². The summed E-state index contributed by atoms with van der Waals surface area (Å²) in [5, 5.41) is 0. The van der Waals surface area contributed by atoms with E-state index in [9.17, 15) is 9.00 Å². The molecular weight excluding hydrogens is 226 g/mol. The molecule has 1 rings (SSSR count). The average Bonchev–Trinajstić information content (AvgIpc) is 2.15. The molecule has 0 aliphatic carbocycles. The molecule has 1 unspecified atom stereocenters. The lowest BCUT2D eigenvalue weighted by Gasteiger charge is -2.21. The summed E-state index contributed by atoms with van der Waals surface area (Å²) in [5.74, 6) is -0.536. The van der Waals surface area contributed by atoms with E-state index in [4.69, 9.17) is 4.55 Å². The van der Waals surface area contributed by atoms with Gasteiger partial charge in [-0.15, -0.1) is 0 Å². The molecule has 0 bridgehead atoms. The van der Waals surface area contributed by atoms with Crippen LogP contribution in [0.25, 0.3) is 0 Å². The van der Waals surface area contributed by atoms with Crippen LogP contribution < -0.4 is 4.72 Å². The number of rotatable bonds is 2. The highest BCUT2D eigenvalue weighted by molar-refractivity contribution is 7.77. The minimum absolute atomic E-state index is 0.190. The molecule has 5 heteroatoms. The Morgan fingerprint density at radius 2 is 1.88 bits per heavy atom. The van der Waals surface area contributed by atoms with Crippen LogP contribution in [0.1, 0.15) is 36.7 Å². The molecule has 88 valence electrons. The molecule has 0 heterocycles. The Labute approximate surface area is 97.5 Å². The zero-order valence-corrected chi connectivity index (χ0v) is 10.3. The second-order valence-corrected chi connectivity index (χ2v) is 5.18. The first-order valence-corrected chi connectivity index (χ1v) is 5.94. The van der Waals surface area contributed by atoms with Crippen molar-refractivity contribution in [3.8, 4) is 0 Å². The molecular formula is C11H15NO3S. The summed E-state index contributed by atoms with van der Waals surface area (Å²) in [6.45, 7) is 5.94. The van der Waals surface area contributed by atoms with Gasteiger partial charge in [0.2, 0.25) is 0 Å². The van der Waals surface area contributed by atoms with Gasteiger partial charge in [-0.25, -0.2) is 8.93 Å². The molecule has 1 amide bonds. The van der Waals surface area contributed by atoms with E-state index in [1.165, 1.54) is 0 Å². The quantitative estimate of drug-likeness (QED) is 0.776. The molecule has 1 atom stereocenters. The lowest BCUT2D eigenvalue weighted by atomic mass is 9.83. The molecule has 1 aromatic rings. The highest BCUT2D eigenvalue weighted by Gasteiger charge is 2.21. The molecule has 1 aromatic carbocycles. The summed E-state index contributed by atoms with van der Waals surface area (Å²) in [6.07, 6.45) is 0. The summed E-state index contributed by atoms with van der Waals surface area (Å²) >= 11 is -2.33. The monoisotopic (exact) mass is 241 g/mol. The van der Waals surface area contributed by atoms with Crippen molar-refractivity contribution in [2.45, 2.75) is 26.2 Å². The first-order valence-electron chi connectivity index (χ1n) is 4.83. The Bertz CT molecular complexity index is 423. The van der Waals surface area contributed by atoms with E-state index in [2.05, 4.69) is 0 Å². The Morgan fingerprint density at radius 1 is 1.31 bits per heavy atom. The van der Waals surface area contributed by atoms with Gasteiger partial charge in [0.1, 0.15) is 0 Å². The maximum atomic E-state index is 11.7. The number of hydrogen-bond donors (Lipinski definition) is 2. The number of amides is 1. The van der Waals surface area contributed by atoms with Gasteiger partial charge in [-0.2, -0.15) is 0 Å². The van der Waals surface area contributed by atoms with Crippen LogP contribution in [0, 0.1) is 0 Å². The predicted molar refractivity (Wildman–Crippen MR) is 63.4 cm³/mol. The van der Waals surface area contributed by atoms with Crippen LogP contribution in [-0.2, 0) is 16.7 Å². The van der Waals surface area contributed by atoms with Crippen LogP contribution in [0.4, 0.5) is 0 Å². The Kier molecular flexibility index (Phi) is 3.83. The van der Waals surface area contributed by atoms with Gasteiger partial charge in [0, 0.05) is 5.56 Å². The number of hydrogen-bond acceptors (Lipinski definition) is 2. The van der Waals surface area contributed by atoms with Crippen molar-refractivity contribution in [3.63, 3.8) is 0 Å². The van der Waals surface area contributed by atoms with Crippen molar-refractivity contribution < 1.29 is 13.6 Å². The third-order valence-electron chi connectivity index (χ3n) is 2.16. The normalized spacial score (nSPS) is 13.2. The van der Waals surface area contributed by atoms with Crippen LogP contribution in [0.2, 0.25) is 0 Å². The van der Waals surface area contributed by atoms with Gasteiger partial charge in [0.15, 0.2) is 0 Å². The van der Waals surface area contributed by atoms with E-state index in [0.29, 0.717) is 5.56 Å². The van der Waals surface area contributed by atoms with Crippen molar-refractivity contribution in [2.24, 2.45) is 0 Å². The molecule has 2 N–H and O–H groups in total. The molecule has 4 nitrogen and oxygen atoms in total. The van der Waals surface area contributed by atoms with Crippen molar-refractivity contribution in [2.75, 3.05) is 0 Å². The predicted octanol–water partition coefficient (Wildman–Crippen LogP) is 1.85. The van der Waals surface area contributed by atoms with Crippen LogP contribution in [0.15, 0.2) is 24.3 Å². The summed E-state index contributed by atoms with van der Waals surface area (Å²) in [5.41, 5.74) is 1.08. The van der Waals surface area contributed by atoms with Gasteiger partial charge in [-0.05, 0) is 17.0 Å². The Balaban J connectivity index is 3.14. The average molecular weight is 241 g/mol. The second-order valence-electron chi connectivity index (χ2n) is 4.48. The largest absolute Gasteiger partial charge is 0.289 e. The van der Waals surface area contributed by atoms with Gasteiger partial charge in [-0.3, -0.25) is 9.35 Å². The number of carbonyl (C=O) groups is 1. The molecule has 0 fully saturated rings. The molecule has 0 aromatic heterocycles. The Hall–Kier alpha value is -1.20. The first kappa shape index (κ1) is 12.9. The molecule has 0 saturated carbocycles. The van der Waals surface area contributed by atoms with Gasteiger partial charge in [0.05, 0.1) is 0 Å². The highest BCUT2D eigenvalue weighted by atomic mass is 32.2. The minimum atomic E-state index is -2.33. The smallest absolute Gasteiger partial charge is 0.264 e. The summed E-state index contributed by atoms with van der Waals surface area (Å²) in [7, 11) is 0. The van der Waals surface area contributed by atoms with Gasteiger partial charge >= 0.3 is 0 Å². The lowest BCUT2D eigenvalue weighted by molar-refractivity contribution is 0.0978. The van der Waals surface area contributed by atoms with Crippen LogP contribution in [0.5, 0.6) is 0 Å². The Morgan fingerprint density at radius 3 is 2.38 bits per heavy atom. The third kappa shape index (κ3) is 3.15. The maximum absolute atomic E-state index is 11.7. The van der Waals surface area contributed by atoms with Crippen molar-refractivity contribution in [1.82, 2.24) is 4.72 Å². The SMILES string of the molecule is CC(C)(C)c1ccccc1C(=O)NS(=O)O. The number of nitrogens with one attached hydrogen (secondary N) is 1. The van der Waals surface area contributed by atoms with Crippen molar-refractivity contribution in [1.29, 1.82) is 0 Å². The molecule has 0 radical (unpaired) electrons. The molecule has 16 heavy (non-hydrogen) atoms. The number of benzene rings is 1. The topological polar surface area (TPSA) is 66.4 Å². The zero-order valence-electron chi connectivity index (χ0n) is 9.48. The van der Waals surface area contributed by atoms with E-state index in [1.807, 2.05) is 37.6 Å². The van der Waals surface area contributed by atoms with E-state index in [-0.39, 0.29) is 5.41 Å². The maximum Gasteiger partial charge on any atom is 0.264 e. The van der Waals surface area contributed by atoms with Crippen LogP contribution >= 0.6 is 0 Å². The molecule has 0 aliphatic heterocycles.